The van der Waals surface area contributed by atoms with Gasteiger partial charge in [0.1, 0.15) is 12.1 Å². The van der Waals surface area contributed by atoms with Crippen molar-refractivity contribution < 1.29 is 22.8 Å². The first-order valence-electron chi connectivity index (χ1n) is 6.14. The zero-order valence-corrected chi connectivity index (χ0v) is 10.7. The average molecular weight is 303 g/mol. The number of hydrazine groups is 1. The third-order valence-corrected chi connectivity index (χ3v) is 2.91. The minimum absolute atomic E-state index is 0.124. The normalized spacial score (nSPS) is 14.6. The third-order valence-electron chi connectivity index (χ3n) is 2.91. The molecular weight excluding hydrogens is 291 g/mol. The molecule has 0 unspecified atom stereocenters. The van der Waals surface area contributed by atoms with Crippen LogP contribution < -0.4 is 16.4 Å². The molecule has 0 bridgehead atoms. The number of aromatic nitrogens is 1. The van der Waals surface area contributed by atoms with Crippen molar-refractivity contribution >= 4 is 11.8 Å². The highest BCUT2D eigenvalue weighted by Gasteiger charge is 2.34. The van der Waals surface area contributed by atoms with Gasteiger partial charge >= 0.3 is 6.18 Å². The zero-order valence-electron chi connectivity index (χ0n) is 10.7. The van der Waals surface area contributed by atoms with E-state index in [0.717, 1.165) is 25.1 Å². The molecule has 2 rings (SSSR count). The molecule has 0 saturated heterocycles. The van der Waals surface area contributed by atoms with Gasteiger partial charge in [-0.25, -0.2) is 0 Å². The fraction of sp³-hybridized carbons (Fsp3) is 0.417. The highest BCUT2D eigenvalue weighted by Crippen LogP contribution is 2.28. The van der Waals surface area contributed by atoms with E-state index in [-0.39, 0.29) is 11.8 Å². The van der Waals surface area contributed by atoms with Crippen molar-refractivity contribution in [1.29, 1.82) is 0 Å². The summed E-state index contributed by atoms with van der Waals surface area (Å²) in [6.45, 7) is -0.617. The summed E-state index contributed by atoms with van der Waals surface area (Å²) < 4.78 is 38.3. The number of alkyl halides is 3. The molecule has 114 valence electrons. The van der Waals surface area contributed by atoms with Crippen LogP contribution in [-0.2, 0) is 22.3 Å². The van der Waals surface area contributed by atoms with Crippen molar-refractivity contribution in [2.24, 2.45) is 5.92 Å². The summed E-state index contributed by atoms with van der Waals surface area (Å²) in [5, 5.41) is 0. The van der Waals surface area contributed by atoms with Crippen LogP contribution in [0.4, 0.5) is 13.2 Å². The quantitative estimate of drug-likeness (QED) is 0.794. The number of rotatable bonds is 3. The van der Waals surface area contributed by atoms with Crippen molar-refractivity contribution in [3.63, 3.8) is 0 Å². The first-order valence-corrected chi connectivity index (χ1v) is 6.14. The van der Waals surface area contributed by atoms with E-state index in [4.69, 9.17) is 0 Å². The topological polar surface area (TPSA) is 80.2 Å². The molecule has 1 aromatic heterocycles. The number of nitrogens with one attached hydrogen (secondary N) is 2. The van der Waals surface area contributed by atoms with E-state index in [0.29, 0.717) is 10.6 Å². The zero-order chi connectivity index (χ0) is 15.6. The Balaban J connectivity index is 2.00. The molecule has 0 radical (unpaired) electrons. The molecule has 1 aliphatic carbocycles. The Hall–Kier alpha value is -2.32. The monoisotopic (exact) mass is 303 g/mol. The summed E-state index contributed by atoms with van der Waals surface area (Å²) in [5.41, 5.74) is 1.55. The minimum atomic E-state index is -4.78. The second kappa shape index (κ2) is 5.58. The van der Waals surface area contributed by atoms with Gasteiger partial charge in [-0.15, -0.1) is 0 Å². The Bertz CT molecular complexity index is 620. The van der Waals surface area contributed by atoms with Gasteiger partial charge in [0.25, 0.3) is 11.5 Å². The maximum absolute atomic E-state index is 12.5. The van der Waals surface area contributed by atoms with Gasteiger partial charge < -0.3 is 4.57 Å². The molecular formula is C12H12F3N3O3. The first-order chi connectivity index (χ1) is 9.79. The van der Waals surface area contributed by atoms with E-state index in [1.165, 1.54) is 0 Å². The third kappa shape index (κ3) is 3.83. The molecule has 21 heavy (non-hydrogen) atoms. The Morgan fingerprint density at radius 1 is 1.29 bits per heavy atom. The lowest BCUT2D eigenvalue weighted by atomic mass is 10.2. The lowest BCUT2D eigenvalue weighted by Gasteiger charge is -2.11. The van der Waals surface area contributed by atoms with Crippen molar-refractivity contribution in [2.75, 3.05) is 0 Å². The van der Waals surface area contributed by atoms with Gasteiger partial charge in [-0.2, -0.15) is 13.2 Å². The molecule has 2 amide bonds. The van der Waals surface area contributed by atoms with Gasteiger partial charge in [0.2, 0.25) is 5.91 Å². The number of halogens is 3. The van der Waals surface area contributed by atoms with E-state index >= 15 is 0 Å². The van der Waals surface area contributed by atoms with Gasteiger partial charge in [-0.3, -0.25) is 25.2 Å². The number of hydrogen-bond acceptors (Lipinski definition) is 3. The van der Waals surface area contributed by atoms with Crippen LogP contribution in [0.15, 0.2) is 23.1 Å². The summed E-state index contributed by atoms with van der Waals surface area (Å²) >= 11 is 0. The molecule has 1 saturated carbocycles. The highest BCUT2D eigenvalue weighted by molar-refractivity contribution is 5.84. The van der Waals surface area contributed by atoms with Crippen LogP contribution in [0.3, 0.4) is 0 Å². The molecule has 1 aliphatic rings. The number of amides is 2. The second-order valence-electron chi connectivity index (χ2n) is 4.66. The molecule has 1 heterocycles. The molecule has 0 aromatic carbocycles. The Labute approximate surface area is 116 Å². The molecule has 0 spiro atoms. The number of pyridine rings is 1. The molecule has 0 atom stereocenters. The predicted molar refractivity (Wildman–Crippen MR) is 64.7 cm³/mol. The Kier molecular flexibility index (Phi) is 4.01. The maximum Gasteiger partial charge on any atom is 0.421 e. The summed E-state index contributed by atoms with van der Waals surface area (Å²) in [4.78, 5) is 34.4. The van der Waals surface area contributed by atoms with Gasteiger partial charge in [0, 0.05) is 12.1 Å². The first kappa shape index (κ1) is 15.1. The number of hydrogen-bond donors (Lipinski definition) is 2. The van der Waals surface area contributed by atoms with Crippen LogP contribution in [0.1, 0.15) is 18.4 Å². The Morgan fingerprint density at radius 2 is 1.95 bits per heavy atom. The summed E-state index contributed by atoms with van der Waals surface area (Å²) in [7, 11) is 0. The van der Waals surface area contributed by atoms with Crippen molar-refractivity contribution in [1.82, 2.24) is 15.4 Å². The maximum atomic E-state index is 12.5. The lowest BCUT2D eigenvalue weighted by Crippen LogP contribution is -2.45. The van der Waals surface area contributed by atoms with E-state index in [2.05, 4.69) is 10.9 Å². The minimum Gasteiger partial charge on any atom is -0.306 e. The van der Waals surface area contributed by atoms with Crippen LogP contribution in [0.5, 0.6) is 0 Å². The smallest absolute Gasteiger partial charge is 0.306 e. The fourth-order valence-corrected chi connectivity index (χ4v) is 1.65. The largest absolute Gasteiger partial charge is 0.421 e. The summed E-state index contributed by atoms with van der Waals surface area (Å²) in [6.07, 6.45) is -2.22. The molecule has 1 fully saturated rings. The van der Waals surface area contributed by atoms with Crippen molar-refractivity contribution in [2.45, 2.75) is 25.6 Å². The van der Waals surface area contributed by atoms with Crippen molar-refractivity contribution in [3.8, 4) is 0 Å². The van der Waals surface area contributed by atoms with Crippen LogP contribution in [0.2, 0.25) is 0 Å². The van der Waals surface area contributed by atoms with Crippen LogP contribution >= 0.6 is 0 Å². The predicted octanol–water partition coefficient (Wildman–Crippen LogP) is 0.424. The average Bonchev–Trinajstić information content (AvgIpc) is 3.21. The molecule has 0 aliphatic heterocycles. The lowest BCUT2D eigenvalue weighted by molar-refractivity contribution is -0.139. The van der Waals surface area contributed by atoms with E-state index in [9.17, 15) is 27.6 Å². The molecule has 9 heteroatoms. The van der Waals surface area contributed by atoms with Crippen LogP contribution in [-0.4, -0.2) is 16.4 Å². The number of carbonyl (C=O) groups excluding carboxylic acids is 2. The molecule has 2 N–H and O–H groups in total. The molecule has 1 aromatic rings. The van der Waals surface area contributed by atoms with E-state index in [1.54, 1.807) is 0 Å². The summed E-state index contributed by atoms with van der Waals surface area (Å²) in [5.74, 6) is -1.26. The SMILES string of the molecule is O=C(Cn1cccc(C(F)(F)F)c1=O)NNC(=O)C1CC1. The molecule has 6 nitrogen and oxygen atoms in total. The highest BCUT2D eigenvalue weighted by atomic mass is 19.4. The van der Waals surface area contributed by atoms with Crippen molar-refractivity contribution in [3.05, 3.63) is 34.2 Å². The van der Waals surface area contributed by atoms with Crippen LogP contribution in [0.25, 0.3) is 0 Å². The van der Waals surface area contributed by atoms with E-state index < -0.39 is 29.8 Å². The van der Waals surface area contributed by atoms with Crippen LogP contribution in [0, 0.1) is 5.92 Å². The second-order valence-corrected chi connectivity index (χ2v) is 4.66. The van der Waals surface area contributed by atoms with Gasteiger partial charge in [-0.1, -0.05) is 0 Å². The summed E-state index contributed by atoms with van der Waals surface area (Å²) in [6, 6.07) is 1.67. The van der Waals surface area contributed by atoms with Gasteiger partial charge in [0.05, 0.1) is 0 Å². The Morgan fingerprint density at radius 3 is 2.52 bits per heavy atom. The standard InChI is InChI=1S/C12H12F3N3O3/c13-12(14,15)8-2-1-5-18(11(8)21)6-9(19)16-17-10(20)7-3-4-7/h1-2,5,7H,3-4,6H2,(H,16,19)(H,17,20). The number of carbonyl (C=O) groups is 2. The van der Waals surface area contributed by atoms with Gasteiger partial charge in [-0.05, 0) is 25.0 Å². The fourth-order valence-electron chi connectivity index (χ4n) is 1.65. The van der Waals surface area contributed by atoms with E-state index in [1.807, 2.05) is 0 Å². The number of nitrogens with zero attached hydrogens (tertiary/aromatic N) is 1. The van der Waals surface area contributed by atoms with Gasteiger partial charge in [0.15, 0.2) is 0 Å².